The smallest absolute Gasteiger partial charge is 0.147 e. The molecule has 25 heavy (non-hydrogen) atoms. The van der Waals surface area contributed by atoms with Gasteiger partial charge in [-0.25, -0.2) is 9.97 Å². The molecule has 1 fully saturated rings. The zero-order chi connectivity index (χ0) is 17.6. The topological polar surface area (TPSA) is 67.4 Å². The van der Waals surface area contributed by atoms with E-state index < -0.39 is 0 Å². The number of rotatable bonds is 2. The summed E-state index contributed by atoms with van der Waals surface area (Å²) in [5, 5.41) is 0.734. The van der Waals surface area contributed by atoms with Crippen molar-refractivity contribution >= 4 is 23.1 Å². The fraction of sp³-hybridized carbons (Fsp3) is 0.421. The van der Waals surface area contributed by atoms with Gasteiger partial charge in [0.15, 0.2) is 0 Å². The Morgan fingerprint density at radius 2 is 2.00 bits per heavy atom. The van der Waals surface area contributed by atoms with Crippen molar-refractivity contribution in [3.63, 3.8) is 0 Å². The summed E-state index contributed by atoms with van der Waals surface area (Å²) in [4.78, 5) is 16.4. The summed E-state index contributed by atoms with van der Waals surface area (Å²) in [6.07, 6.45) is 3.78. The summed E-state index contributed by atoms with van der Waals surface area (Å²) in [7, 11) is 0. The lowest BCUT2D eigenvalue weighted by Gasteiger charge is -2.37. The van der Waals surface area contributed by atoms with Crippen LogP contribution in [-0.4, -0.2) is 34.3 Å². The summed E-state index contributed by atoms with van der Waals surface area (Å²) in [6, 6.07) is 5.99. The minimum atomic E-state index is -0.0706. The van der Waals surface area contributed by atoms with Crippen LogP contribution in [0.25, 0.3) is 0 Å². The molecule has 5 nitrogen and oxygen atoms in total. The average Bonchev–Trinajstić information content (AvgIpc) is 3.00. The van der Waals surface area contributed by atoms with Crippen LogP contribution in [0.1, 0.15) is 42.3 Å². The Labute approximate surface area is 152 Å². The van der Waals surface area contributed by atoms with Gasteiger partial charge in [-0.2, -0.15) is 0 Å². The lowest BCUT2D eigenvalue weighted by atomic mass is 9.91. The van der Waals surface area contributed by atoms with Gasteiger partial charge in [-0.3, -0.25) is 4.99 Å². The fourth-order valence-corrected chi connectivity index (χ4v) is 3.61. The molecule has 2 aliphatic rings. The van der Waals surface area contributed by atoms with Crippen molar-refractivity contribution < 1.29 is 0 Å². The van der Waals surface area contributed by atoms with E-state index in [1.807, 2.05) is 31.3 Å². The third-order valence-corrected chi connectivity index (χ3v) is 5.62. The Morgan fingerprint density at radius 3 is 2.76 bits per heavy atom. The van der Waals surface area contributed by atoms with Crippen molar-refractivity contribution in [1.29, 1.82) is 0 Å². The monoisotopic (exact) mass is 355 g/mol. The van der Waals surface area contributed by atoms with Gasteiger partial charge in [-0.05, 0) is 32.3 Å². The molecule has 2 aromatic rings. The molecule has 0 aliphatic carbocycles. The van der Waals surface area contributed by atoms with Crippen LogP contribution in [0.5, 0.6) is 0 Å². The summed E-state index contributed by atoms with van der Waals surface area (Å²) in [5.41, 5.74) is 10.7. The maximum atomic E-state index is 6.47. The van der Waals surface area contributed by atoms with E-state index in [1.54, 1.807) is 0 Å². The molecule has 1 saturated heterocycles. The van der Waals surface area contributed by atoms with Crippen molar-refractivity contribution in [3.05, 3.63) is 51.9 Å². The first-order valence-corrected chi connectivity index (χ1v) is 9.02. The lowest BCUT2D eigenvalue weighted by Crippen LogP contribution is -2.48. The van der Waals surface area contributed by atoms with Gasteiger partial charge in [0.1, 0.15) is 11.5 Å². The number of fused-ring (bicyclic) bond motifs is 1. The van der Waals surface area contributed by atoms with E-state index in [-0.39, 0.29) is 5.54 Å². The largest absolute Gasteiger partial charge is 0.355 e. The molecule has 3 heterocycles. The molecule has 0 bridgehead atoms. The number of halogens is 1. The van der Waals surface area contributed by atoms with Crippen LogP contribution >= 0.6 is 11.6 Å². The van der Waals surface area contributed by atoms with E-state index in [1.165, 1.54) is 0 Å². The zero-order valence-corrected chi connectivity index (χ0v) is 15.3. The Morgan fingerprint density at radius 1 is 1.24 bits per heavy atom. The predicted molar refractivity (Wildman–Crippen MR) is 102 cm³/mol. The molecule has 6 heteroatoms. The van der Waals surface area contributed by atoms with Gasteiger partial charge in [0.05, 0.1) is 29.2 Å². The molecule has 1 aromatic heterocycles. The second kappa shape index (κ2) is 6.07. The third kappa shape index (κ3) is 3.02. The highest BCUT2D eigenvalue weighted by Crippen LogP contribution is 2.29. The van der Waals surface area contributed by atoms with Crippen molar-refractivity contribution in [2.24, 2.45) is 10.7 Å². The van der Waals surface area contributed by atoms with Crippen LogP contribution < -0.4 is 10.6 Å². The van der Waals surface area contributed by atoms with Crippen molar-refractivity contribution in [3.8, 4) is 0 Å². The Bertz CT molecular complexity index is 849. The van der Waals surface area contributed by atoms with Crippen molar-refractivity contribution in [2.45, 2.75) is 38.8 Å². The minimum absolute atomic E-state index is 0.0706. The Kier molecular flexibility index (Phi) is 4.01. The number of hydrogen-bond donors (Lipinski definition) is 1. The first-order valence-electron chi connectivity index (χ1n) is 8.65. The van der Waals surface area contributed by atoms with E-state index in [9.17, 15) is 0 Å². The molecule has 2 aliphatic heterocycles. The maximum absolute atomic E-state index is 6.47. The molecule has 0 amide bonds. The van der Waals surface area contributed by atoms with Crippen molar-refractivity contribution in [2.75, 3.05) is 18.0 Å². The highest BCUT2D eigenvalue weighted by molar-refractivity contribution is 6.36. The molecule has 4 rings (SSSR count). The van der Waals surface area contributed by atoms with Crippen LogP contribution in [0, 0.1) is 6.92 Å². The van der Waals surface area contributed by atoms with Gasteiger partial charge in [0, 0.05) is 24.2 Å². The van der Waals surface area contributed by atoms with Crippen LogP contribution in [-0.2, 0) is 6.54 Å². The van der Waals surface area contributed by atoms with Gasteiger partial charge in [0.25, 0.3) is 0 Å². The van der Waals surface area contributed by atoms with Gasteiger partial charge < -0.3 is 10.6 Å². The number of aromatic nitrogens is 2. The van der Waals surface area contributed by atoms with E-state index >= 15 is 0 Å². The van der Waals surface area contributed by atoms with E-state index in [4.69, 9.17) is 22.3 Å². The Balaban J connectivity index is 1.61. The SMILES string of the molecule is Cc1cccc(C2=NCc3nc(N4CCC(C)(N)CC4)cnc32)c1Cl. The number of nitrogens with zero attached hydrogens (tertiary/aromatic N) is 4. The molecular formula is C19H22ClN5. The van der Waals surface area contributed by atoms with E-state index in [0.717, 1.165) is 65.0 Å². The molecule has 1 aromatic carbocycles. The predicted octanol–water partition coefficient (Wildman–Crippen LogP) is 3.11. The first kappa shape index (κ1) is 16.5. The summed E-state index contributed by atoms with van der Waals surface area (Å²) >= 11 is 6.47. The molecular weight excluding hydrogens is 334 g/mol. The Hall–Kier alpha value is -1.98. The molecule has 0 saturated carbocycles. The first-order chi connectivity index (χ1) is 11.9. The zero-order valence-electron chi connectivity index (χ0n) is 14.6. The van der Waals surface area contributed by atoms with Crippen LogP contribution in [0.15, 0.2) is 29.4 Å². The number of nitrogens with two attached hydrogens (primary N) is 1. The van der Waals surface area contributed by atoms with Gasteiger partial charge in [0.2, 0.25) is 0 Å². The number of hydrogen-bond acceptors (Lipinski definition) is 5. The summed E-state index contributed by atoms with van der Waals surface area (Å²) < 4.78 is 0. The molecule has 0 radical (unpaired) electrons. The van der Waals surface area contributed by atoms with Crippen LogP contribution in [0.4, 0.5) is 5.82 Å². The second-order valence-corrected chi connectivity index (χ2v) is 7.64. The summed E-state index contributed by atoms with van der Waals surface area (Å²) in [5.74, 6) is 0.918. The minimum Gasteiger partial charge on any atom is -0.355 e. The quantitative estimate of drug-likeness (QED) is 0.898. The van der Waals surface area contributed by atoms with Crippen molar-refractivity contribution in [1.82, 2.24) is 9.97 Å². The number of aryl methyl sites for hydroxylation is 1. The number of piperidine rings is 1. The molecule has 0 atom stereocenters. The van der Waals surface area contributed by atoms with Gasteiger partial charge in [-0.15, -0.1) is 0 Å². The highest BCUT2D eigenvalue weighted by Gasteiger charge is 2.28. The van der Waals surface area contributed by atoms with Crippen LogP contribution in [0.3, 0.4) is 0 Å². The van der Waals surface area contributed by atoms with Crippen LogP contribution in [0.2, 0.25) is 5.02 Å². The van der Waals surface area contributed by atoms with E-state index in [0.29, 0.717) is 6.54 Å². The third-order valence-electron chi connectivity index (χ3n) is 5.12. The molecule has 2 N–H and O–H groups in total. The normalized spacial score (nSPS) is 18.9. The lowest BCUT2D eigenvalue weighted by molar-refractivity contribution is 0.363. The molecule has 0 spiro atoms. The van der Waals surface area contributed by atoms with E-state index in [2.05, 4.69) is 21.8 Å². The fourth-order valence-electron chi connectivity index (χ4n) is 3.40. The molecule has 130 valence electrons. The second-order valence-electron chi connectivity index (χ2n) is 7.27. The standard InChI is InChI=1S/C19H22ClN5/c1-12-4-3-5-13(16(12)20)17-18-14(10-22-17)24-15(11-23-18)25-8-6-19(2,21)7-9-25/h3-5,11H,6-10,21H2,1-2H3. The average molecular weight is 356 g/mol. The number of benzene rings is 1. The summed E-state index contributed by atoms with van der Waals surface area (Å²) in [6.45, 7) is 6.50. The molecule has 0 unspecified atom stereocenters. The number of aliphatic imine (C=N–C) groups is 1. The maximum Gasteiger partial charge on any atom is 0.147 e. The highest BCUT2D eigenvalue weighted by atomic mass is 35.5. The van der Waals surface area contributed by atoms with Gasteiger partial charge in [-0.1, -0.05) is 29.8 Å². The van der Waals surface area contributed by atoms with Gasteiger partial charge >= 0.3 is 0 Å². The number of anilines is 1.